The molecule has 0 aliphatic heterocycles. The number of hydrogen-bond acceptors (Lipinski definition) is 5. The van der Waals surface area contributed by atoms with Gasteiger partial charge in [0.25, 0.3) is 11.8 Å². The summed E-state index contributed by atoms with van der Waals surface area (Å²) in [6.45, 7) is 1.73. The molecule has 0 bridgehead atoms. The first-order valence-corrected chi connectivity index (χ1v) is 7.55. The summed E-state index contributed by atoms with van der Waals surface area (Å²) in [5.74, 6) is -0.253. The lowest BCUT2D eigenvalue weighted by Crippen LogP contribution is -2.42. The zero-order chi connectivity index (χ0) is 17.8. The maximum Gasteiger partial charge on any atom is 0.288 e. The quantitative estimate of drug-likeness (QED) is 0.714. The van der Waals surface area contributed by atoms with Crippen molar-refractivity contribution in [2.75, 3.05) is 7.11 Å². The lowest BCUT2D eigenvalue weighted by Gasteiger charge is -2.10. The number of hydrogen-bond donors (Lipinski definition) is 2. The topological polar surface area (TPSA) is 93.2 Å². The Labute approximate surface area is 144 Å². The highest BCUT2D eigenvalue weighted by Crippen LogP contribution is 2.21. The average Bonchev–Trinajstić information content (AvgIpc) is 2.65. The third-order valence-corrected chi connectivity index (χ3v) is 3.65. The van der Waals surface area contributed by atoms with Gasteiger partial charge in [-0.05, 0) is 37.3 Å². The number of benzene rings is 1. The molecular weight excluding hydrogens is 320 g/mol. The van der Waals surface area contributed by atoms with Gasteiger partial charge in [-0.15, -0.1) is 0 Å². The molecule has 2 heterocycles. The summed E-state index contributed by atoms with van der Waals surface area (Å²) in [5, 5.41) is 0.799. The van der Waals surface area contributed by atoms with Crippen LogP contribution in [0.3, 0.4) is 0 Å². The lowest BCUT2D eigenvalue weighted by molar-refractivity contribution is 0.0843. The van der Waals surface area contributed by atoms with Crippen LogP contribution in [0.2, 0.25) is 0 Å². The van der Waals surface area contributed by atoms with E-state index in [2.05, 4.69) is 20.8 Å². The number of rotatable bonds is 3. The Hall–Kier alpha value is -3.48. The molecule has 0 radical (unpaired) electrons. The molecule has 0 fully saturated rings. The van der Waals surface area contributed by atoms with Crippen molar-refractivity contribution >= 4 is 22.7 Å². The first-order valence-electron chi connectivity index (χ1n) is 7.55. The van der Waals surface area contributed by atoms with E-state index in [9.17, 15) is 9.59 Å². The van der Waals surface area contributed by atoms with Crippen LogP contribution in [0.5, 0.6) is 5.75 Å². The number of nitrogens with one attached hydrogen (secondary N) is 2. The maximum absolute atomic E-state index is 12.4. The van der Waals surface area contributed by atoms with Crippen molar-refractivity contribution in [1.82, 2.24) is 20.8 Å². The summed E-state index contributed by atoms with van der Waals surface area (Å²) in [5.41, 5.74) is 6.58. The molecule has 0 atom stereocenters. The van der Waals surface area contributed by atoms with Gasteiger partial charge >= 0.3 is 0 Å². The largest absolute Gasteiger partial charge is 0.497 e. The molecule has 2 amide bonds. The highest BCUT2D eigenvalue weighted by atomic mass is 16.5. The monoisotopic (exact) mass is 336 g/mol. The number of ether oxygens (including phenoxy) is 1. The number of hydrazine groups is 1. The number of carbonyl (C=O) groups excluding carboxylic acids is 2. The Bertz CT molecular complexity index is 942. The van der Waals surface area contributed by atoms with E-state index < -0.39 is 11.8 Å². The Morgan fingerprint density at radius 2 is 1.84 bits per heavy atom. The average molecular weight is 336 g/mol. The SMILES string of the molecule is COc1ccc2cc(C(=O)NNC(=O)c3ccccn3)c(C)nc2c1. The van der Waals surface area contributed by atoms with Gasteiger partial charge in [0.1, 0.15) is 11.4 Å². The van der Waals surface area contributed by atoms with E-state index in [1.54, 1.807) is 50.4 Å². The molecule has 3 rings (SSSR count). The Balaban J connectivity index is 1.77. The minimum absolute atomic E-state index is 0.211. The molecule has 0 saturated carbocycles. The normalized spacial score (nSPS) is 10.3. The van der Waals surface area contributed by atoms with E-state index in [-0.39, 0.29) is 5.69 Å². The molecule has 0 unspecified atom stereocenters. The zero-order valence-electron chi connectivity index (χ0n) is 13.7. The lowest BCUT2D eigenvalue weighted by atomic mass is 10.1. The van der Waals surface area contributed by atoms with Gasteiger partial charge in [0.05, 0.1) is 23.9 Å². The molecule has 0 aliphatic rings. The second-order valence-electron chi connectivity index (χ2n) is 5.30. The molecule has 126 valence electrons. The van der Waals surface area contributed by atoms with Gasteiger partial charge in [-0.2, -0.15) is 0 Å². The van der Waals surface area contributed by atoms with Gasteiger partial charge in [0.15, 0.2) is 0 Å². The third-order valence-electron chi connectivity index (χ3n) is 3.65. The molecule has 1 aromatic carbocycles. The van der Waals surface area contributed by atoms with E-state index in [0.29, 0.717) is 17.0 Å². The van der Waals surface area contributed by atoms with E-state index in [1.165, 1.54) is 6.20 Å². The molecule has 2 aromatic heterocycles. The second-order valence-corrected chi connectivity index (χ2v) is 5.30. The molecular formula is C18H16N4O3. The minimum Gasteiger partial charge on any atom is -0.497 e. The Morgan fingerprint density at radius 3 is 2.56 bits per heavy atom. The third kappa shape index (κ3) is 3.55. The molecule has 2 N–H and O–H groups in total. The molecule has 3 aromatic rings. The van der Waals surface area contributed by atoms with Crippen molar-refractivity contribution in [1.29, 1.82) is 0 Å². The summed E-state index contributed by atoms with van der Waals surface area (Å²) in [4.78, 5) is 32.6. The predicted octanol–water partition coefficient (Wildman–Crippen LogP) is 2.02. The number of nitrogens with zero attached hydrogens (tertiary/aromatic N) is 2. The summed E-state index contributed by atoms with van der Waals surface area (Å²) >= 11 is 0. The van der Waals surface area contributed by atoms with Gasteiger partial charge in [0, 0.05) is 17.6 Å². The summed E-state index contributed by atoms with van der Waals surface area (Å²) < 4.78 is 5.17. The smallest absolute Gasteiger partial charge is 0.288 e. The van der Waals surface area contributed by atoms with Crippen LogP contribution in [0.25, 0.3) is 10.9 Å². The van der Waals surface area contributed by atoms with Crippen molar-refractivity contribution in [3.8, 4) is 5.75 Å². The fraction of sp³-hybridized carbons (Fsp3) is 0.111. The second kappa shape index (κ2) is 6.96. The number of methoxy groups -OCH3 is 1. The van der Waals surface area contributed by atoms with Crippen molar-refractivity contribution in [2.24, 2.45) is 0 Å². The number of amides is 2. The van der Waals surface area contributed by atoms with E-state index >= 15 is 0 Å². The maximum atomic E-state index is 12.4. The first kappa shape index (κ1) is 16.4. The number of carbonyl (C=O) groups is 2. The highest BCUT2D eigenvalue weighted by molar-refractivity contribution is 6.01. The summed E-state index contributed by atoms with van der Waals surface area (Å²) in [6.07, 6.45) is 1.50. The van der Waals surface area contributed by atoms with Crippen LogP contribution in [-0.2, 0) is 0 Å². The Morgan fingerprint density at radius 1 is 1.04 bits per heavy atom. The first-order chi connectivity index (χ1) is 12.1. The molecule has 25 heavy (non-hydrogen) atoms. The zero-order valence-corrected chi connectivity index (χ0v) is 13.7. The van der Waals surface area contributed by atoms with E-state index in [1.807, 2.05) is 6.07 Å². The number of aromatic nitrogens is 2. The molecule has 0 saturated heterocycles. The van der Waals surface area contributed by atoms with Crippen LogP contribution >= 0.6 is 0 Å². The summed E-state index contributed by atoms with van der Waals surface area (Å²) in [6, 6.07) is 12.1. The highest BCUT2D eigenvalue weighted by Gasteiger charge is 2.14. The number of pyridine rings is 2. The fourth-order valence-corrected chi connectivity index (χ4v) is 2.34. The van der Waals surface area contributed by atoms with Crippen LogP contribution in [0.15, 0.2) is 48.7 Å². The number of aryl methyl sites for hydroxylation is 1. The van der Waals surface area contributed by atoms with Gasteiger partial charge in [-0.3, -0.25) is 30.4 Å². The van der Waals surface area contributed by atoms with Crippen molar-refractivity contribution in [3.63, 3.8) is 0 Å². The van der Waals surface area contributed by atoms with Gasteiger partial charge in [0.2, 0.25) is 0 Å². The fourth-order valence-electron chi connectivity index (χ4n) is 2.34. The minimum atomic E-state index is -0.495. The molecule has 7 heteroatoms. The molecule has 0 spiro atoms. The number of fused-ring (bicyclic) bond motifs is 1. The predicted molar refractivity (Wildman–Crippen MR) is 92.2 cm³/mol. The van der Waals surface area contributed by atoms with Crippen LogP contribution in [0.4, 0.5) is 0 Å². The van der Waals surface area contributed by atoms with Crippen molar-refractivity contribution < 1.29 is 14.3 Å². The van der Waals surface area contributed by atoms with Crippen molar-refractivity contribution in [3.05, 3.63) is 65.6 Å². The van der Waals surface area contributed by atoms with Crippen molar-refractivity contribution in [2.45, 2.75) is 6.92 Å². The van der Waals surface area contributed by atoms with Gasteiger partial charge < -0.3 is 4.74 Å². The van der Waals surface area contributed by atoms with Gasteiger partial charge in [-0.25, -0.2) is 0 Å². The Kier molecular flexibility index (Phi) is 4.56. The van der Waals surface area contributed by atoms with Gasteiger partial charge in [-0.1, -0.05) is 6.07 Å². The van der Waals surface area contributed by atoms with Crippen LogP contribution in [-0.4, -0.2) is 28.9 Å². The van der Waals surface area contributed by atoms with E-state index in [4.69, 9.17) is 4.74 Å². The standard InChI is InChI=1S/C18H16N4O3/c1-11-14(9-12-6-7-13(25-2)10-16(12)20-11)17(23)21-22-18(24)15-5-3-4-8-19-15/h3-10H,1-2H3,(H,21,23)(H,22,24). The van der Waals surface area contributed by atoms with Crippen LogP contribution in [0.1, 0.15) is 26.5 Å². The molecule has 7 nitrogen and oxygen atoms in total. The van der Waals surface area contributed by atoms with E-state index in [0.717, 1.165) is 10.9 Å². The molecule has 0 aliphatic carbocycles. The summed E-state index contributed by atoms with van der Waals surface area (Å²) in [7, 11) is 1.58. The van der Waals surface area contributed by atoms with Crippen LogP contribution < -0.4 is 15.6 Å². The van der Waals surface area contributed by atoms with Crippen LogP contribution in [0, 0.1) is 6.92 Å².